The lowest BCUT2D eigenvalue weighted by Crippen LogP contribution is -2.23. The maximum absolute atomic E-state index is 11.3. The first kappa shape index (κ1) is 9.96. The van der Waals surface area contributed by atoms with Gasteiger partial charge in [-0.05, 0) is 12.8 Å². The summed E-state index contributed by atoms with van der Waals surface area (Å²) in [6.07, 6.45) is 3.24. The smallest absolute Gasteiger partial charge is 0.254 e. The van der Waals surface area contributed by atoms with E-state index in [9.17, 15) is 9.59 Å². The van der Waals surface area contributed by atoms with Crippen LogP contribution in [-0.2, 0) is 9.59 Å². The first-order valence-corrected chi connectivity index (χ1v) is 4.78. The van der Waals surface area contributed by atoms with Gasteiger partial charge in [0, 0.05) is 11.1 Å². The molecule has 1 N–H and O–H groups in total. The molecular formula is C10H15NO2. The van der Waals surface area contributed by atoms with Gasteiger partial charge in [0.2, 0.25) is 0 Å². The lowest BCUT2D eigenvalue weighted by Gasteiger charge is -1.99. The third-order valence-corrected chi connectivity index (χ3v) is 2.14. The highest BCUT2D eigenvalue weighted by molar-refractivity contribution is 6.19. The van der Waals surface area contributed by atoms with Gasteiger partial charge in [-0.15, -0.1) is 0 Å². The summed E-state index contributed by atoms with van der Waals surface area (Å²) >= 11 is 0. The molecule has 0 atom stereocenters. The van der Waals surface area contributed by atoms with Crippen LogP contribution >= 0.6 is 0 Å². The van der Waals surface area contributed by atoms with E-state index < -0.39 is 0 Å². The fourth-order valence-electron chi connectivity index (χ4n) is 1.56. The van der Waals surface area contributed by atoms with E-state index in [4.69, 9.17) is 0 Å². The summed E-state index contributed by atoms with van der Waals surface area (Å²) in [4.78, 5) is 22.5. The Morgan fingerprint density at radius 3 is 1.62 bits per heavy atom. The molecule has 0 unspecified atom stereocenters. The zero-order chi connectivity index (χ0) is 9.84. The highest BCUT2D eigenvalue weighted by Gasteiger charge is 2.27. The van der Waals surface area contributed by atoms with Crippen LogP contribution < -0.4 is 5.32 Å². The van der Waals surface area contributed by atoms with Crippen molar-refractivity contribution in [3.8, 4) is 0 Å². The zero-order valence-corrected chi connectivity index (χ0v) is 8.14. The number of carbonyl (C=O) groups is 2. The average molecular weight is 181 g/mol. The van der Waals surface area contributed by atoms with Gasteiger partial charge in [0.25, 0.3) is 11.8 Å². The van der Waals surface area contributed by atoms with Crippen LogP contribution in [0.15, 0.2) is 11.1 Å². The Bertz CT molecular complexity index is 240. The molecule has 1 rings (SSSR count). The van der Waals surface area contributed by atoms with Crippen LogP contribution in [0.4, 0.5) is 0 Å². The highest BCUT2D eigenvalue weighted by atomic mass is 16.2. The van der Waals surface area contributed by atoms with Crippen molar-refractivity contribution in [2.75, 3.05) is 0 Å². The van der Waals surface area contributed by atoms with Crippen molar-refractivity contribution in [3.05, 3.63) is 11.1 Å². The first-order chi connectivity index (χ1) is 6.20. The summed E-state index contributed by atoms with van der Waals surface area (Å²) in [5, 5.41) is 2.33. The second kappa shape index (κ2) is 4.21. The van der Waals surface area contributed by atoms with E-state index in [1.807, 2.05) is 13.8 Å². The van der Waals surface area contributed by atoms with Crippen LogP contribution in [0.1, 0.15) is 39.5 Å². The molecule has 0 saturated heterocycles. The topological polar surface area (TPSA) is 46.2 Å². The van der Waals surface area contributed by atoms with Crippen LogP contribution in [0.25, 0.3) is 0 Å². The van der Waals surface area contributed by atoms with Crippen LogP contribution in [0, 0.1) is 0 Å². The van der Waals surface area contributed by atoms with Crippen LogP contribution in [0.5, 0.6) is 0 Å². The number of imide groups is 1. The first-order valence-electron chi connectivity index (χ1n) is 4.78. The minimum absolute atomic E-state index is 0.185. The monoisotopic (exact) mass is 181 g/mol. The van der Waals surface area contributed by atoms with E-state index in [0.29, 0.717) is 24.0 Å². The Labute approximate surface area is 78.2 Å². The molecule has 0 aromatic rings. The molecule has 3 heteroatoms. The Hall–Kier alpha value is -1.12. The summed E-state index contributed by atoms with van der Waals surface area (Å²) in [6, 6.07) is 0. The van der Waals surface area contributed by atoms with Gasteiger partial charge in [0.1, 0.15) is 0 Å². The van der Waals surface area contributed by atoms with Crippen LogP contribution in [-0.4, -0.2) is 11.8 Å². The summed E-state index contributed by atoms with van der Waals surface area (Å²) < 4.78 is 0. The Morgan fingerprint density at radius 1 is 0.923 bits per heavy atom. The van der Waals surface area contributed by atoms with E-state index in [0.717, 1.165) is 12.8 Å². The third-order valence-electron chi connectivity index (χ3n) is 2.14. The minimum Gasteiger partial charge on any atom is -0.289 e. The Balaban J connectivity index is 2.88. The number of nitrogens with one attached hydrogen (secondary N) is 1. The van der Waals surface area contributed by atoms with Gasteiger partial charge in [0.15, 0.2) is 0 Å². The summed E-state index contributed by atoms with van der Waals surface area (Å²) in [5.74, 6) is -0.370. The average Bonchev–Trinajstić information content (AvgIpc) is 2.33. The molecule has 13 heavy (non-hydrogen) atoms. The van der Waals surface area contributed by atoms with Crippen molar-refractivity contribution in [1.82, 2.24) is 5.32 Å². The van der Waals surface area contributed by atoms with Gasteiger partial charge in [-0.2, -0.15) is 0 Å². The van der Waals surface area contributed by atoms with Gasteiger partial charge in [-0.1, -0.05) is 26.7 Å². The molecule has 0 aromatic heterocycles. The number of amides is 2. The van der Waals surface area contributed by atoms with E-state index >= 15 is 0 Å². The van der Waals surface area contributed by atoms with Crippen molar-refractivity contribution >= 4 is 11.8 Å². The highest BCUT2D eigenvalue weighted by Crippen LogP contribution is 2.21. The zero-order valence-electron chi connectivity index (χ0n) is 8.14. The van der Waals surface area contributed by atoms with Crippen molar-refractivity contribution in [2.45, 2.75) is 39.5 Å². The second-order valence-electron chi connectivity index (χ2n) is 3.24. The molecule has 0 bridgehead atoms. The fraction of sp³-hybridized carbons (Fsp3) is 0.600. The fourth-order valence-corrected chi connectivity index (χ4v) is 1.56. The summed E-state index contributed by atoms with van der Waals surface area (Å²) in [7, 11) is 0. The molecule has 0 fully saturated rings. The third kappa shape index (κ3) is 1.97. The van der Waals surface area contributed by atoms with Crippen molar-refractivity contribution in [3.63, 3.8) is 0 Å². The molecule has 1 aliphatic heterocycles. The summed E-state index contributed by atoms with van der Waals surface area (Å²) in [6.45, 7) is 4.01. The van der Waals surface area contributed by atoms with E-state index in [1.165, 1.54) is 0 Å². The quantitative estimate of drug-likeness (QED) is 0.669. The van der Waals surface area contributed by atoms with E-state index in [1.54, 1.807) is 0 Å². The molecule has 0 radical (unpaired) electrons. The molecule has 1 aliphatic rings. The number of carbonyl (C=O) groups excluding carboxylic acids is 2. The molecule has 0 aromatic carbocycles. The Kier molecular flexibility index (Phi) is 3.23. The minimum atomic E-state index is -0.185. The molecule has 0 spiro atoms. The van der Waals surface area contributed by atoms with E-state index in [2.05, 4.69) is 5.32 Å². The number of rotatable bonds is 4. The number of hydrogen-bond acceptors (Lipinski definition) is 2. The second-order valence-corrected chi connectivity index (χ2v) is 3.24. The normalized spacial score (nSPS) is 16.8. The SMILES string of the molecule is CCCC1=C(CCC)C(=O)NC1=O. The predicted molar refractivity (Wildman–Crippen MR) is 50.0 cm³/mol. The predicted octanol–water partition coefficient (Wildman–Crippen LogP) is 1.54. The maximum atomic E-state index is 11.3. The molecule has 0 aliphatic carbocycles. The van der Waals surface area contributed by atoms with Crippen molar-refractivity contribution in [2.24, 2.45) is 0 Å². The standard InChI is InChI=1S/C10H15NO2/c1-3-5-7-8(6-4-2)10(13)11-9(7)12/h3-6H2,1-2H3,(H,11,12,13). The molecule has 72 valence electrons. The lowest BCUT2D eigenvalue weighted by molar-refractivity contribution is -0.124. The molecule has 3 nitrogen and oxygen atoms in total. The lowest BCUT2D eigenvalue weighted by atomic mass is 10.0. The van der Waals surface area contributed by atoms with Gasteiger partial charge < -0.3 is 0 Å². The maximum Gasteiger partial charge on any atom is 0.254 e. The van der Waals surface area contributed by atoms with Crippen molar-refractivity contribution in [1.29, 1.82) is 0 Å². The molecule has 2 amide bonds. The molecule has 0 saturated carbocycles. The van der Waals surface area contributed by atoms with Gasteiger partial charge in [0.05, 0.1) is 0 Å². The number of hydrogen-bond donors (Lipinski definition) is 1. The van der Waals surface area contributed by atoms with Gasteiger partial charge in [-0.25, -0.2) is 0 Å². The van der Waals surface area contributed by atoms with Gasteiger partial charge in [-0.3, -0.25) is 14.9 Å². The summed E-state index contributed by atoms with van der Waals surface area (Å²) in [5.41, 5.74) is 1.41. The van der Waals surface area contributed by atoms with E-state index in [-0.39, 0.29) is 11.8 Å². The van der Waals surface area contributed by atoms with Crippen LogP contribution in [0.2, 0.25) is 0 Å². The molecular weight excluding hydrogens is 166 g/mol. The Morgan fingerprint density at radius 2 is 1.31 bits per heavy atom. The largest absolute Gasteiger partial charge is 0.289 e. The van der Waals surface area contributed by atoms with Crippen LogP contribution in [0.3, 0.4) is 0 Å². The van der Waals surface area contributed by atoms with Gasteiger partial charge >= 0.3 is 0 Å². The molecule has 1 heterocycles. The van der Waals surface area contributed by atoms with Crippen molar-refractivity contribution < 1.29 is 9.59 Å².